The molecule has 0 aromatic carbocycles. The number of rotatable bonds is 9. The number of hydrogen-bond acceptors (Lipinski definition) is 8. The number of carbonyl (C=O) groups excluding carboxylic acids is 3. The number of hydrogen-bond donors (Lipinski definition) is 1. The van der Waals surface area contributed by atoms with Gasteiger partial charge < -0.3 is 19.1 Å². The molecule has 0 saturated heterocycles. The zero-order chi connectivity index (χ0) is 19.9. The van der Waals surface area contributed by atoms with Crippen LogP contribution in [0, 0.1) is 0 Å². The van der Waals surface area contributed by atoms with Gasteiger partial charge in [-0.2, -0.15) is 0 Å². The summed E-state index contributed by atoms with van der Waals surface area (Å²) in [6.45, 7) is 6.14. The predicted molar refractivity (Wildman–Crippen MR) is 94.5 cm³/mol. The van der Waals surface area contributed by atoms with Crippen LogP contribution >= 0.6 is 7.60 Å². The lowest BCUT2D eigenvalue weighted by Crippen LogP contribution is -2.28. The molecule has 1 aromatic heterocycles. The van der Waals surface area contributed by atoms with Gasteiger partial charge in [0.25, 0.3) is 0 Å². The number of esters is 1. The van der Waals surface area contributed by atoms with Crippen LogP contribution in [0.3, 0.4) is 0 Å². The molecule has 0 aliphatic carbocycles. The Labute approximate surface area is 152 Å². The Morgan fingerprint density at radius 3 is 2.27 bits per heavy atom. The van der Waals surface area contributed by atoms with E-state index in [9.17, 15) is 18.9 Å². The van der Waals surface area contributed by atoms with Crippen LogP contribution in [-0.2, 0) is 23.1 Å². The van der Waals surface area contributed by atoms with Gasteiger partial charge in [-0.3, -0.25) is 19.1 Å². The first-order valence-electron chi connectivity index (χ1n) is 7.99. The molecule has 26 heavy (non-hydrogen) atoms. The van der Waals surface area contributed by atoms with Gasteiger partial charge in [0.15, 0.2) is 5.78 Å². The van der Waals surface area contributed by atoms with E-state index in [1.807, 2.05) is 0 Å². The van der Waals surface area contributed by atoms with Crippen molar-refractivity contribution in [2.24, 2.45) is 0 Å². The van der Waals surface area contributed by atoms with Gasteiger partial charge in [-0.1, -0.05) is 0 Å². The summed E-state index contributed by atoms with van der Waals surface area (Å²) in [6, 6.07) is 1.27. The highest BCUT2D eigenvalue weighted by atomic mass is 31.2. The maximum absolute atomic E-state index is 12.7. The minimum absolute atomic E-state index is 0.0109. The Balaban J connectivity index is 3.19. The molecule has 0 aliphatic heterocycles. The molecule has 1 aromatic rings. The van der Waals surface area contributed by atoms with Crippen LogP contribution in [0.4, 0.5) is 5.69 Å². The van der Waals surface area contributed by atoms with E-state index in [0.29, 0.717) is 0 Å². The van der Waals surface area contributed by atoms with Crippen molar-refractivity contribution >= 4 is 30.9 Å². The van der Waals surface area contributed by atoms with E-state index in [-0.39, 0.29) is 30.2 Å². The van der Waals surface area contributed by atoms with Gasteiger partial charge in [0.2, 0.25) is 5.91 Å². The average molecular weight is 386 g/mol. The third-order valence-electron chi connectivity index (χ3n) is 3.37. The van der Waals surface area contributed by atoms with E-state index in [4.69, 9.17) is 9.05 Å². The van der Waals surface area contributed by atoms with Gasteiger partial charge in [-0.15, -0.1) is 0 Å². The number of amides is 1. The Bertz CT molecular complexity index is 725. The van der Waals surface area contributed by atoms with Crippen molar-refractivity contribution in [1.82, 2.24) is 4.98 Å². The van der Waals surface area contributed by atoms with Crippen LogP contribution in [-0.4, -0.2) is 48.6 Å². The molecule has 10 heteroatoms. The number of nitrogens with one attached hydrogen (secondary N) is 1. The first-order valence-corrected chi connectivity index (χ1v) is 9.60. The average Bonchev–Trinajstić information content (AvgIpc) is 2.60. The Morgan fingerprint density at radius 2 is 1.81 bits per heavy atom. The molecule has 1 amide bonds. The zero-order valence-electron chi connectivity index (χ0n) is 15.4. The zero-order valence-corrected chi connectivity index (χ0v) is 16.3. The molecular formula is C16H23N2O7P. The van der Waals surface area contributed by atoms with E-state index in [0.717, 1.165) is 0 Å². The normalized spacial score (nSPS) is 12.3. The Hall–Kier alpha value is -2.09. The van der Waals surface area contributed by atoms with Gasteiger partial charge in [-0.25, -0.2) is 4.79 Å². The summed E-state index contributed by atoms with van der Waals surface area (Å²) in [5.41, 5.74) is -1.11. The molecule has 9 nitrogen and oxygen atoms in total. The molecule has 144 valence electrons. The van der Waals surface area contributed by atoms with Crippen LogP contribution in [0.1, 0.15) is 48.5 Å². The van der Waals surface area contributed by atoms with Crippen molar-refractivity contribution in [3.05, 3.63) is 23.5 Å². The van der Waals surface area contributed by atoms with E-state index in [2.05, 4.69) is 15.0 Å². The van der Waals surface area contributed by atoms with Crippen molar-refractivity contribution in [2.45, 2.75) is 33.4 Å². The maximum Gasteiger partial charge on any atom is 0.342 e. The fourth-order valence-electron chi connectivity index (χ4n) is 2.07. The smallest absolute Gasteiger partial charge is 0.342 e. The summed E-state index contributed by atoms with van der Waals surface area (Å²) >= 11 is 0. The number of aromatic nitrogens is 1. The predicted octanol–water partition coefficient (Wildman–Crippen LogP) is 2.66. The summed E-state index contributed by atoms with van der Waals surface area (Å²) in [5, 5.41) is 2.47. The van der Waals surface area contributed by atoms with Crippen molar-refractivity contribution < 1.29 is 32.7 Å². The van der Waals surface area contributed by atoms with Gasteiger partial charge in [0, 0.05) is 13.1 Å². The van der Waals surface area contributed by atoms with Crippen molar-refractivity contribution in [3.8, 4) is 0 Å². The third kappa shape index (κ3) is 5.20. The number of carbonyl (C=O) groups is 3. The van der Waals surface area contributed by atoms with Gasteiger partial charge in [0.1, 0.15) is 11.4 Å². The lowest BCUT2D eigenvalue weighted by Gasteiger charge is -2.23. The molecule has 0 aliphatic rings. The number of pyridine rings is 1. The fraction of sp³-hybridized carbons (Fsp3) is 0.500. The van der Waals surface area contributed by atoms with Crippen LogP contribution in [0.5, 0.6) is 0 Å². The minimum atomic E-state index is -3.69. The standard InChI is InChI=1S/C16H23N2O7P/c1-6-24-26(22,25-7-2)11(4)15(20)18-13-8-12(16(21)23-5)9-17-14(13)10(3)19/h8-9,11H,6-7H2,1-5H3,(H,18,20). The summed E-state index contributed by atoms with van der Waals surface area (Å²) < 4.78 is 27.7. The van der Waals surface area contributed by atoms with E-state index >= 15 is 0 Å². The first kappa shape index (κ1) is 22.0. The van der Waals surface area contributed by atoms with Gasteiger partial charge >= 0.3 is 13.6 Å². The first-order chi connectivity index (χ1) is 12.2. The fourth-order valence-corrected chi connectivity index (χ4v) is 3.66. The lowest BCUT2D eigenvalue weighted by molar-refractivity contribution is -0.116. The molecule has 0 bridgehead atoms. The quantitative estimate of drug-likeness (QED) is 0.391. The van der Waals surface area contributed by atoms with Crippen molar-refractivity contribution in [3.63, 3.8) is 0 Å². The van der Waals surface area contributed by atoms with E-state index in [1.54, 1.807) is 13.8 Å². The molecule has 1 heterocycles. The Kier molecular flexibility index (Phi) is 8.08. The lowest BCUT2D eigenvalue weighted by atomic mass is 10.1. The van der Waals surface area contributed by atoms with Gasteiger partial charge in [-0.05, 0) is 26.8 Å². The summed E-state index contributed by atoms with van der Waals surface area (Å²) in [5.74, 6) is -1.78. The molecule has 1 N–H and O–H groups in total. The highest BCUT2D eigenvalue weighted by Gasteiger charge is 2.37. The second kappa shape index (κ2) is 9.56. The topological polar surface area (TPSA) is 121 Å². The molecule has 1 atom stereocenters. The maximum atomic E-state index is 12.7. The van der Waals surface area contributed by atoms with Crippen LogP contribution in [0.15, 0.2) is 12.3 Å². The molecule has 0 fully saturated rings. The Morgan fingerprint density at radius 1 is 1.23 bits per heavy atom. The molecule has 1 rings (SSSR count). The summed E-state index contributed by atoms with van der Waals surface area (Å²) in [6.07, 6.45) is 1.17. The number of anilines is 1. The SMILES string of the molecule is CCOP(=O)(OCC)C(C)C(=O)Nc1cc(C(=O)OC)cnc1C(C)=O. The third-order valence-corrected chi connectivity index (χ3v) is 5.79. The van der Waals surface area contributed by atoms with E-state index in [1.165, 1.54) is 33.2 Å². The molecule has 0 radical (unpaired) electrons. The molecule has 0 spiro atoms. The number of Topliss-reactive ketones (excluding diaryl/α,β-unsaturated/α-hetero) is 1. The van der Waals surface area contributed by atoms with Crippen LogP contribution in [0.25, 0.3) is 0 Å². The van der Waals surface area contributed by atoms with Crippen LogP contribution in [0.2, 0.25) is 0 Å². The second-order valence-corrected chi connectivity index (χ2v) is 7.58. The van der Waals surface area contributed by atoms with Crippen molar-refractivity contribution in [2.75, 3.05) is 25.6 Å². The highest BCUT2D eigenvalue weighted by Crippen LogP contribution is 2.53. The number of ether oxygens (including phenoxy) is 1. The van der Waals surface area contributed by atoms with Gasteiger partial charge in [0.05, 0.1) is 31.6 Å². The number of ketones is 1. The highest BCUT2D eigenvalue weighted by molar-refractivity contribution is 7.55. The number of nitrogens with zero attached hydrogens (tertiary/aromatic N) is 1. The monoisotopic (exact) mass is 386 g/mol. The largest absolute Gasteiger partial charge is 0.465 e. The number of methoxy groups -OCH3 is 1. The summed E-state index contributed by atoms with van der Waals surface area (Å²) in [7, 11) is -2.49. The van der Waals surface area contributed by atoms with Crippen LogP contribution < -0.4 is 5.32 Å². The molecule has 0 saturated carbocycles. The molecule has 1 unspecified atom stereocenters. The molecular weight excluding hydrogens is 363 g/mol. The minimum Gasteiger partial charge on any atom is -0.465 e. The van der Waals surface area contributed by atoms with E-state index < -0.39 is 30.9 Å². The second-order valence-electron chi connectivity index (χ2n) is 5.21. The van der Waals surface area contributed by atoms with Crippen molar-refractivity contribution in [1.29, 1.82) is 0 Å². The summed E-state index contributed by atoms with van der Waals surface area (Å²) in [4.78, 5) is 39.8.